The third kappa shape index (κ3) is 4.49. The normalized spacial score (nSPS) is 17.1. The number of nitrogens with zero attached hydrogens (tertiary/aromatic N) is 1. The fourth-order valence-electron chi connectivity index (χ4n) is 3.20. The Bertz CT molecular complexity index is 663. The number of benzene rings is 1. The predicted molar refractivity (Wildman–Crippen MR) is 91.7 cm³/mol. The lowest BCUT2D eigenvalue weighted by Gasteiger charge is -2.32. The molecule has 0 aliphatic carbocycles. The Balaban J connectivity index is 2.16. The zero-order chi connectivity index (χ0) is 18.6. The monoisotopic (exact) mass is 348 g/mol. The second-order valence-electron chi connectivity index (χ2n) is 6.33. The first-order chi connectivity index (χ1) is 11.8. The molecule has 7 nitrogen and oxygen atoms in total. The van der Waals surface area contributed by atoms with Crippen LogP contribution in [0, 0.1) is 19.8 Å². The van der Waals surface area contributed by atoms with Crippen LogP contribution >= 0.6 is 0 Å². The van der Waals surface area contributed by atoms with Crippen molar-refractivity contribution in [1.29, 1.82) is 0 Å². The van der Waals surface area contributed by atoms with Crippen LogP contribution in [0.4, 0.5) is 0 Å². The van der Waals surface area contributed by atoms with Crippen LogP contribution in [0.3, 0.4) is 0 Å². The molecule has 2 rings (SSSR count). The Morgan fingerprint density at radius 2 is 1.92 bits per heavy atom. The van der Waals surface area contributed by atoms with Gasteiger partial charge in [-0.2, -0.15) is 0 Å². The van der Waals surface area contributed by atoms with Gasteiger partial charge in [0.2, 0.25) is 5.91 Å². The number of aliphatic carboxylic acids is 1. The van der Waals surface area contributed by atoms with Crippen molar-refractivity contribution in [2.75, 3.05) is 26.7 Å². The molecule has 1 fully saturated rings. The second-order valence-corrected chi connectivity index (χ2v) is 6.33. The van der Waals surface area contributed by atoms with Gasteiger partial charge in [-0.15, -0.1) is 0 Å². The van der Waals surface area contributed by atoms with Crippen LogP contribution < -0.4 is 10.1 Å². The van der Waals surface area contributed by atoms with Crippen molar-refractivity contribution in [1.82, 2.24) is 10.2 Å². The quantitative estimate of drug-likeness (QED) is 0.838. The van der Waals surface area contributed by atoms with E-state index >= 15 is 0 Å². The maximum Gasteiger partial charge on any atom is 0.341 e. The van der Waals surface area contributed by atoms with E-state index in [-0.39, 0.29) is 17.7 Å². The molecule has 1 atom stereocenters. The molecule has 0 bridgehead atoms. The highest BCUT2D eigenvalue weighted by molar-refractivity contribution is 5.95. The van der Waals surface area contributed by atoms with E-state index in [1.165, 1.54) is 0 Å². The Hall–Kier alpha value is -2.57. The molecule has 0 saturated carbocycles. The highest BCUT2D eigenvalue weighted by atomic mass is 16.5. The van der Waals surface area contributed by atoms with E-state index in [1.54, 1.807) is 37.9 Å². The standard InChI is InChI=1S/C18H24N2O5/c1-11-7-14(8-12(2)16(11)25-10-15(21)22)18(24)20-6-4-5-13(9-20)17(23)19-3/h7-8,13H,4-6,9-10H2,1-3H3,(H,19,23)(H,21,22). The molecule has 1 saturated heterocycles. The average Bonchev–Trinajstić information content (AvgIpc) is 2.59. The van der Waals surface area contributed by atoms with Crippen LogP contribution in [0.5, 0.6) is 5.75 Å². The second kappa shape index (κ2) is 8.00. The molecule has 136 valence electrons. The third-order valence-electron chi connectivity index (χ3n) is 4.37. The van der Waals surface area contributed by atoms with Crippen molar-refractivity contribution in [2.24, 2.45) is 5.92 Å². The van der Waals surface area contributed by atoms with Gasteiger partial charge in [0.1, 0.15) is 5.75 Å². The number of ether oxygens (including phenoxy) is 1. The predicted octanol–water partition coefficient (Wildman–Crippen LogP) is 1.37. The molecular formula is C18H24N2O5. The van der Waals surface area contributed by atoms with Crippen molar-refractivity contribution in [3.05, 3.63) is 28.8 Å². The Morgan fingerprint density at radius 3 is 2.48 bits per heavy atom. The fourth-order valence-corrected chi connectivity index (χ4v) is 3.20. The fraction of sp³-hybridized carbons (Fsp3) is 0.500. The van der Waals surface area contributed by atoms with Crippen molar-refractivity contribution in [3.63, 3.8) is 0 Å². The molecule has 1 aromatic rings. The summed E-state index contributed by atoms with van der Waals surface area (Å²) in [6.07, 6.45) is 1.57. The van der Waals surface area contributed by atoms with Gasteiger partial charge in [-0.25, -0.2) is 4.79 Å². The lowest BCUT2D eigenvalue weighted by Crippen LogP contribution is -2.44. The summed E-state index contributed by atoms with van der Waals surface area (Å²) in [6.45, 7) is 4.18. The first kappa shape index (κ1) is 18.8. The third-order valence-corrected chi connectivity index (χ3v) is 4.37. The van der Waals surface area contributed by atoms with E-state index in [9.17, 15) is 14.4 Å². The van der Waals surface area contributed by atoms with Crippen LogP contribution in [0.1, 0.15) is 34.3 Å². The maximum absolute atomic E-state index is 12.8. The summed E-state index contributed by atoms with van der Waals surface area (Å²) in [5.74, 6) is -0.900. The highest BCUT2D eigenvalue weighted by Gasteiger charge is 2.28. The number of likely N-dealkylation sites (tertiary alicyclic amines) is 1. The molecule has 0 spiro atoms. The highest BCUT2D eigenvalue weighted by Crippen LogP contribution is 2.26. The van der Waals surface area contributed by atoms with E-state index < -0.39 is 12.6 Å². The van der Waals surface area contributed by atoms with Crippen LogP contribution in [0.25, 0.3) is 0 Å². The van der Waals surface area contributed by atoms with Gasteiger partial charge < -0.3 is 20.1 Å². The maximum atomic E-state index is 12.8. The molecular weight excluding hydrogens is 324 g/mol. The van der Waals surface area contributed by atoms with Gasteiger partial charge in [0.05, 0.1) is 5.92 Å². The van der Waals surface area contributed by atoms with E-state index in [0.29, 0.717) is 35.5 Å². The van der Waals surface area contributed by atoms with Crippen LogP contribution in [0.2, 0.25) is 0 Å². The molecule has 2 amide bonds. The van der Waals surface area contributed by atoms with Gasteiger partial charge in [-0.1, -0.05) is 0 Å². The Labute approximate surface area is 147 Å². The number of carboxylic acids is 1. The largest absolute Gasteiger partial charge is 0.481 e. The van der Waals surface area contributed by atoms with Gasteiger partial charge in [-0.05, 0) is 49.9 Å². The smallest absolute Gasteiger partial charge is 0.341 e. The number of nitrogens with one attached hydrogen (secondary N) is 1. The molecule has 1 aliphatic heterocycles. The number of piperidine rings is 1. The lowest BCUT2D eigenvalue weighted by molar-refractivity contribution is -0.139. The van der Waals surface area contributed by atoms with E-state index in [1.807, 2.05) is 0 Å². The number of hydrogen-bond donors (Lipinski definition) is 2. The average molecular weight is 348 g/mol. The number of hydrogen-bond acceptors (Lipinski definition) is 4. The van der Waals surface area contributed by atoms with E-state index in [0.717, 1.165) is 12.8 Å². The molecule has 0 aromatic heterocycles. The minimum absolute atomic E-state index is 0.0396. The summed E-state index contributed by atoms with van der Waals surface area (Å²) in [5, 5.41) is 11.4. The Morgan fingerprint density at radius 1 is 1.28 bits per heavy atom. The summed E-state index contributed by atoms with van der Waals surface area (Å²) in [4.78, 5) is 37.0. The van der Waals surface area contributed by atoms with Crippen molar-refractivity contribution in [2.45, 2.75) is 26.7 Å². The molecule has 1 unspecified atom stereocenters. The van der Waals surface area contributed by atoms with Gasteiger partial charge in [-0.3, -0.25) is 9.59 Å². The van der Waals surface area contributed by atoms with Crippen LogP contribution in [0.15, 0.2) is 12.1 Å². The van der Waals surface area contributed by atoms with E-state index in [2.05, 4.69) is 5.32 Å². The molecule has 0 radical (unpaired) electrons. The SMILES string of the molecule is CNC(=O)C1CCCN(C(=O)c2cc(C)c(OCC(=O)O)c(C)c2)C1. The molecule has 7 heteroatoms. The summed E-state index contributed by atoms with van der Waals surface area (Å²) in [7, 11) is 1.60. The van der Waals surface area contributed by atoms with Gasteiger partial charge >= 0.3 is 5.97 Å². The number of carboxylic acid groups (broad SMARTS) is 1. The lowest BCUT2D eigenvalue weighted by atomic mass is 9.96. The van der Waals surface area contributed by atoms with Crippen molar-refractivity contribution < 1.29 is 24.2 Å². The molecule has 1 heterocycles. The van der Waals surface area contributed by atoms with Crippen molar-refractivity contribution >= 4 is 17.8 Å². The van der Waals surface area contributed by atoms with Crippen LogP contribution in [-0.4, -0.2) is 54.5 Å². The number of carbonyl (C=O) groups excluding carboxylic acids is 2. The minimum Gasteiger partial charge on any atom is -0.481 e. The topological polar surface area (TPSA) is 95.9 Å². The molecule has 25 heavy (non-hydrogen) atoms. The minimum atomic E-state index is -1.05. The summed E-state index contributed by atoms with van der Waals surface area (Å²) >= 11 is 0. The van der Waals surface area contributed by atoms with Crippen LogP contribution in [-0.2, 0) is 9.59 Å². The van der Waals surface area contributed by atoms with Gasteiger partial charge in [0, 0.05) is 25.7 Å². The molecule has 2 N–H and O–H groups in total. The summed E-state index contributed by atoms with van der Waals surface area (Å²) < 4.78 is 5.29. The number of carbonyl (C=O) groups is 3. The number of rotatable bonds is 5. The summed E-state index contributed by atoms with van der Waals surface area (Å²) in [5.41, 5.74) is 1.95. The zero-order valence-corrected chi connectivity index (χ0v) is 14.8. The first-order valence-corrected chi connectivity index (χ1v) is 8.30. The van der Waals surface area contributed by atoms with Gasteiger partial charge in [0.15, 0.2) is 6.61 Å². The Kier molecular flexibility index (Phi) is 6.01. The van der Waals surface area contributed by atoms with Crippen molar-refractivity contribution in [3.8, 4) is 5.75 Å². The first-order valence-electron chi connectivity index (χ1n) is 8.30. The zero-order valence-electron chi connectivity index (χ0n) is 14.8. The van der Waals surface area contributed by atoms with E-state index in [4.69, 9.17) is 9.84 Å². The summed E-state index contributed by atoms with van der Waals surface area (Å²) in [6, 6.07) is 3.41. The van der Waals surface area contributed by atoms with Gasteiger partial charge in [0.25, 0.3) is 5.91 Å². The molecule has 1 aromatic carbocycles. The molecule has 1 aliphatic rings. The number of amides is 2. The number of aryl methyl sites for hydroxylation is 2.